The van der Waals surface area contributed by atoms with Crippen LogP contribution in [0.15, 0.2) is 58.8 Å². The summed E-state index contributed by atoms with van der Waals surface area (Å²) < 4.78 is 13.9. The van der Waals surface area contributed by atoms with E-state index in [1.165, 1.54) is 5.56 Å². The lowest BCUT2D eigenvalue weighted by Crippen LogP contribution is -2.11. The van der Waals surface area contributed by atoms with E-state index in [0.717, 1.165) is 21.6 Å². The zero-order valence-corrected chi connectivity index (χ0v) is 18.8. The molecule has 0 aliphatic heterocycles. The summed E-state index contributed by atoms with van der Waals surface area (Å²) in [7, 11) is -1.36. The van der Waals surface area contributed by atoms with Crippen molar-refractivity contribution >= 4 is 10.8 Å². The predicted molar refractivity (Wildman–Crippen MR) is 120 cm³/mol. The monoisotopic (exact) mass is 398 g/mol. The molecule has 0 aromatic heterocycles. The molecule has 0 aliphatic rings. The maximum Gasteiger partial charge on any atom is 0.0859 e. The van der Waals surface area contributed by atoms with Crippen molar-refractivity contribution in [1.29, 1.82) is 0 Å². The van der Waals surface area contributed by atoms with Crippen molar-refractivity contribution in [1.82, 2.24) is 0 Å². The van der Waals surface area contributed by atoms with Gasteiger partial charge in [0.05, 0.1) is 21.8 Å². The molecule has 2 rings (SSSR count). The van der Waals surface area contributed by atoms with Crippen molar-refractivity contribution in [3.63, 3.8) is 0 Å². The maximum atomic E-state index is 13.9. The van der Waals surface area contributed by atoms with E-state index in [1.54, 1.807) is 6.08 Å². The summed E-state index contributed by atoms with van der Waals surface area (Å²) in [6.07, 6.45) is 1.44. The van der Waals surface area contributed by atoms with Crippen LogP contribution in [0.25, 0.3) is 0 Å². The van der Waals surface area contributed by atoms with Crippen molar-refractivity contribution in [2.45, 2.75) is 81.6 Å². The fourth-order valence-electron chi connectivity index (χ4n) is 3.42. The first kappa shape index (κ1) is 22.6. The highest BCUT2D eigenvalue weighted by atomic mass is 32.2. The highest BCUT2D eigenvalue weighted by molar-refractivity contribution is 7.85. The minimum atomic E-state index is -1.36. The maximum absolute atomic E-state index is 13.9. The third kappa shape index (κ3) is 4.82. The fraction of sp³-hybridized carbons (Fsp3) is 0.440. The van der Waals surface area contributed by atoms with Crippen LogP contribution in [0, 0.1) is 0 Å². The fourth-order valence-corrected chi connectivity index (χ4v) is 5.28. The highest BCUT2D eigenvalue weighted by Gasteiger charge is 2.25. The summed E-state index contributed by atoms with van der Waals surface area (Å²) >= 11 is 0. The quantitative estimate of drug-likeness (QED) is 0.495. The molecule has 0 fully saturated rings. The Bertz CT molecular complexity index is 820. The summed E-state index contributed by atoms with van der Waals surface area (Å²) in [6.45, 7) is 16.7. The van der Waals surface area contributed by atoms with Crippen LogP contribution in [0.5, 0.6) is 0 Å². The Labute approximate surface area is 173 Å². The lowest BCUT2D eigenvalue weighted by atomic mass is 9.89. The van der Waals surface area contributed by atoms with Crippen LogP contribution in [0.4, 0.5) is 0 Å². The first-order chi connectivity index (χ1) is 13.2. The number of rotatable bonds is 8. The lowest BCUT2D eigenvalue weighted by Gasteiger charge is -2.23. The van der Waals surface area contributed by atoms with E-state index in [-0.39, 0.29) is 11.8 Å². The number of hydrogen-bond acceptors (Lipinski definition) is 2. The van der Waals surface area contributed by atoms with Gasteiger partial charge in [-0.05, 0) is 52.5 Å². The minimum Gasteiger partial charge on any atom is -0.388 e. The number of hydrogen-bond donors (Lipinski definition) is 1. The molecule has 0 aliphatic carbocycles. The number of aliphatic hydroxyl groups excluding tert-OH is 1. The molecule has 28 heavy (non-hydrogen) atoms. The van der Waals surface area contributed by atoms with E-state index < -0.39 is 16.9 Å². The van der Waals surface area contributed by atoms with Crippen molar-refractivity contribution in [2.24, 2.45) is 0 Å². The molecule has 1 N–H and O–H groups in total. The summed E-state index contributed by atoms with van der Waals surface area (Å²) in [5, 5.41) is 10.6. The van der Waals surface area contributed by atoms with Crippen LogP contribution < -0.4 is 0 Å². The first-order valence-corrected chi connectivity index (χ1v) is 11.3. The summed E-state index contributed by atoms with van der Waals surface area (Å²) in [5.74, 6) is 0.944. The largest absolute Gasteiger partial charge is 0.388 e. The average molecular weight is 399 g/mol. The summed E-state index contributed by atoms with van der Waals surface area (Å²) in [6, 6.07) is 12.0. The standard InChI is InChI=1S/C25H34O2S/c1-8-11-23(26)20-12-9-10-13-24(20)28(27)25-21(17(4)5)14-19(16(2)3)15-22(25)18(6)7/h8-10,12-18,23,26H,1,11H2,2-7H3/t23-,28?/m1/s1. The van der Waals surface area contributed by atoms with E-state index in [1.807, 2.05) is 24.3 Å². The molecular formula is C25H34O2S. The second kappa shape index (κ2) is 9.67. The van der Waals surface area contributed by atoms with E-state index in [0.29, 0.717) is 17.2 Å². The van der Waals surface area contributed by atoms with Gasteiger partial charge < -0.3 is 5.11 Å². The zero-order chi connectivity index (χ0) is 21.0. The Morgan fingerprint density at radius 2 is 1.46 bits per heavy atom. The molecule has 0 bridgehead atoms. The Kier molecular flexibility index (Phi) is 7.79. The van der Waals surface area contributed by atoms with Gasteiger partial charge in [-0.3, -0.25) is 0 Å². The first-order valence-electron chi connectivity index (χ1n) is 10.2. The Hall–Kier alpha value is -1.71. The van der Waals surface area contributed by atoms with Gasteiger partial charge in [0.1, 0.15) is 0 Å². The summed E-state index contributed by atoms with van der Waals surface area (Å²) in [4.78, 5) is 1.60. The Morgan fingerprint density at radius 3 is 1.93 bits per heavy atom. The van der Waals surface area contributed by atoms with E-state index >= 15 is 0 Å². The third-order valence-electron chi connectivity index (χ3n) is 5.13. The molecule has 0 heterocycles. The van der Waals surface area contributed by atoms with Crippen LogP contribution >= 0.6 is 0 Å². The van der Waals surface area contributed by atoms with Gasteiger partial charge in [-0.2, -0.15) is 0 Å². The van der Waals surface area contributed by atoms with Gasteiger partial charge in [0.2, 0.25) is 0 Å². The smallest absolute Gasteiger partial charge is 0.0859 e. The second-order valence-electron chi connectivity index (χ2n) is 8.34. The normalized spacial score (nSPS) is 13.9. The molecule has 1 unspecified atom stereocenters. The van der Waals surface area contributed by atoms with Gasteiger partial charge in [0.25, 0.3) is 0 Å². The number of benzene rings is 2. The van der Waals surface area contributed by atoms with Crippen LogP contribution in [-0.2, 0) is 10.8 Å². The van der Waals surface area contributed by atoms with Gasteiger partial charge >= 0.3 is 0 Å². The van der Waals surface area contributed by atoms with Crippen LogP contribution in [0.2, 0.25) is 0 Å². The highest BCUT2D eigenvalue weighted by Crippen LogP contribution is 2.37. The van der Waals surface area contributed by atoms with Crippen LogP contribution in [-0.4, -0.2) is 9.32 Å². The average Bonchev–Trinajstić information content (AvgIpc) is 2.66. The zero-order valence-electron chi connectivity index (χ0n) is 18.0. The van der Waals surface area contributed by atoms with Gasteiger partial charge in [0, 0.05) is 4.90 Å². The molecular weight excluding hydrogens is 364 g/mol. The molecule has 2 aromatic rings. The molecule has 2 nitrogen and oxygen atoms in total. The van der Waals surface area contributed by atoms with Gasteiger partial charge in [-0.25, -0.2) is 4.21 Å². The van der Waals surface area contributed by atoms with E-state index in [9.17, 15) is 9.32 Å². The van der Waals surface area contributed by atoms with E-state index in [4.69, 9.17) is 0 Å². The van der Waals surface area contributed by atoms with E-state index in [2.05, 4.69) is 60.3 Å². The third-order valence-corrected chi connectivity index (χ3v) is 6.75. The Morgan fingerprint density at radius 1 is 0.929 bits per heavy atom. The van der Waals surface area contributed by atoms with Crippen molar-refractivity contribution in [2.75, 3.05) is 0 Å². The molecule has 0 amide bonds. The summed E-state index contributed by atoms with van der Waals surface area (Å²) in [5.41, 5.74) is 4.29. The molecule has 2 atom stereocenters. The van der Waals surface area contributed by atoms with Crippen LogP contribution in [0.3, 0.4) is 0 Å². The lowest BCUT2D eigenvalue weighted by molar-refractivity contribution is 0.178. The number of aliphatic hydroxyl groups is 1. The minimum absolute atomic E-state index is 0.264. The predicted octanol–water partition coefficient (Wildman–Crippen LogP) is 6.83. The molecule has 152 valence electrons. The van der Waals surface area contributed by atoms with Gasteiger partial charge in [0.15, 0.2) is 0 Å². The molecule has 2 aromatic carbocycles. The molecule has 0 spiro atoms. The van der Waals surface area contributed by atoms with Crippen LogP contribution in [0.1, 0.15) is 94.1 Å². The Balaban J connectivity index is 2.74. The van der Waals surface area contributed by atoms with Gasteiger partial charge in [-0.15, -0.1) is 6.58 Å². The van der Waals surface area contributed by atoms with Crippen molar-refractivity contribution < 1.29 is 9.32 Å². The SMILES string of the molecule is C=CC[C@@H](O)c1ccccc1S(=O)c1c(C(C)C)cc(C(C)C)cc1C(C)C. The topological polar surface area (TPSA) is 37.3 Å². The molecule has 0 radical (unpaired) electrons. The van der Waals surface area contributed by atoms with Crippen molar-refractivity contribution in [3.8, 4) is 0 Å². The molecule has 3 heteroatoms. The second-order valence-corrected chi connectivity index (χ2v) is 9.72. The molecule has 0 saturated carbocycles. The van der Waals surface area contributed by atoms with Crippen molar-refractivity contribution in [3.05, 3.63) is 71.3 Å². The van der Waals surface area contributed by atoms with Gasteiger partial charge in [-0.1, -0.05) is 78.0 Å². The molecule has 0 saturated heterocycles.